The van der Waals surface area contributed by atoms with Crippen LogP contribution in [0.2, 0.25) is 0 Å². The zero-order valence-electron chi connectivity index (χ0n) is 12.6. The molecule has 0 bridgehead atoms. The van der Waals surface area contributed by atoms with Crippen LogP contribution in [-0.4, -0.2) is 29.7 Å². The van der Waals surface area contributed by atoms with Gasteiger partial charge in [-0.1, -0.05) is 38.0 Å². The van der Waals surface area contributed by atoms with Crippen molar-refractivity contribution in [1.82, 2.24) is 5.32 Å². The number of aliphatic hydroxyl groups is 1. The van der Waals surface area contributed by atoms with Gasteiger partial charge in [-0.3, -0.25) is 4.79 Å². The molecule has 1 aromatic carbocycles. The molecular weight excluding hydrogens is 264 g/mol. The van der Waals surface area contributed by atoms with E-state index in [2.05, 4.69) is 17.6 Å². The van der Waals surface area contributed by atoms with Crippen LogP contribution in [0, 0.1) is 5.92 Å². The minimum atomic E-state index is -0.424. The Balaban J connectivity index is 1.74. The van der Waals surface area contributed by atoms with Crippen molar-refractivity contribution in [2.45, 2.75) is 44.1 Å². The molecule has 4 heteroatoms. The summed E-state index contributed by atoms with van der Waals surface area (Å²) in [4.78, 5) is 12.7. The lowest BCUT2D eigenvalue weighted by Crippen LogP contribution is -2.55. The maximum atomic E-state index is 12.7. The van der Waals surface area contributed by atoms with Gasteiger partial charge in [0, 0.05) is 12.2 Å². The molecule has 0 aromatic heterocycles. The summed E-state index contributed by atoms with van der Waals surface area (Å²) in [7, 11) is 0. The molecule has 21 heavy (non-hydrogen) atoms. The minimum absolute atomic E-state index is 0.0326. The zero-order valence-corrected chi connectivity index (χ0v) is 12.6. The number of para-hydroxylation sites is 1. The van der Waals surface area contributed by atoms with Gasteiger partial charge in [0.15, 0.2) is 0 Å². The normalized spacial score (nSPS) is 31.3. The molecule has 3 atom stereocenters. The van der Waals surface area contributed by atoms with Crippen molar-refractivity contribution < 1.29 is 9.90 Å². The van der Waals surface area contributed by atoms with Crippen molar-refractivity contribution in [2.24, 2.45) is 5.92 Å². The molecule has 1 amide bonds. The molecule has 3 unspecified atom stereocenters. The highest BCUT2D eigenvalue weighted by atomic mass is 16.3. The van der Waals surface area contributed by atoms with Crippen molar-refractivity contribution in [1.29, 1.82) is 0 Å². The smallest absolute Gasteiger partial charge is 0.229 e. The lowest BCUT2D eigenvalue weighted by molar-refractivity contribution is -0.125. The Bertz CT molecular complexity index is 531. The van der Waals surface area contributed by atoms with Crippen LogP contribution in [0.4, 0.5) is 5.69 Å². The van der Waals surface area contributed by atoms with E-state index >= 15 is 0 Å². The Labute approximate surface area is 125 Å². The number of aliphatic hydroxyl groups excluding tert-OH is 1. The molecule has 0 radical (unpaired) electrons. The van der Waals surface area contributed by atoms with Gasteiger partial charge in [0.2, 0.25) is 5.91 Å². The highest BCUT2D eigenvalue weighted by molar-refractivity contribution is 5.88. The fourth-order valence-corrected chi connectivity index (χ4v) is 3.82. The molecule has 1 fully saturated rings. The molecule has 1 aliphatic carbocycles. The summed E-state index contributed by atoms with van der Waals surface area (Å²) in [5.74, 6) is 0.442. The van der Waals surface area contributed by atoms with Crippen LogP contribution < -0.4 is 10.6 Å². The second-order valence-corrected chi connectivity index (χ2v) is 6.65. The lowest BCUT2D eigenvalue weighted by atomic mass is 9.76. The number of benzene rings is 1. The summed E-state index contributed by atoms with van der Waals surface area (Å²) >= 11 is 0. The molecule has 3 N–H and O–H groups in total. The summed E-state index contributed by atoms with van der Waals surface area (Å²) in [6.45, 7) is 2.87. The third-order valence-corrected chi connectivity index (χ3v) is 4.93. The van der Waals surface area contributed by atoms with E-state index in [1.807, 2.05) is 24.3 Å². The quantitative estimate of drug-likeness (QED) is 0.799. The number of hydrogen-bond acceptors (Lipinski definition) is 3. The van der Waals surface area contributed by atoms with Gasteiger partial charge in [-0.15, -0.1) is 0 Å². The molecule has 4 nitrogen and oxygen atoms in total. The van der Waals surface area contributed by atoms with E-state index in [1.54, 1.807) is 0 Å². The average Bonchev–Trinajstić information content (AvgIpc) is 2.91. The van der Waals surface area contributed by atoms with Crippen LogP contribution in [0.1, 0.15) is 44.1 Å². The summed E-state index contributed by atoms with van der Waals surface area (Å²) in [5, 5.41) is 16.3. The van der Waals surface area contributed by atoms with Crippen molar-refractivity contribution in [3.8, 4) is 0 Å². The third kappa shape index (κ3) is 2.77. The van der Waals surface area contributed by atoms with Crippen LogP contribution in [0.25, 0.3) is 0 Å². The highest BCUT2D eigenvalue weighted by Gasteiger charge is 2.38. The number of fused-ring (bicyclic) bond motifs is 1. The average molecular weight is 288 g/mol. The molecule has 0 spiro atoms. The van der Waals surface area contributed by atoms with Crippen LogP contribution in [0.5, 0.6) is 0 Å². The first-order valence-electron chi connectivity index (χ1n) is 7.89. The molecule has 1 aliphatic heterocycles. The number of carbonyl (C=O) groups is 1. The number of rotatable bonds is 3. The Morgan fingerprint density at radius 3 is 3.05 bits per heavy atom. The summed E-state index contributed by atoms with van der Waals surface area (Å²) in [6.07, 6.45) is 4.01. The first-order chi connectivity index (χ1) is 10.1. The molecule has 0 saturated heterocycles. The van der Waals surface area contributed by atoms with Crippen LogP contribution >= 0.6 is 0 Å². The van der Waals surface area contributed by atoms with Crippen LogP contribution in [0.3, 0.4) is 0 Å². The molecule has 3 rings (SSSR count). The van der Waals surface area contributed by atoms with Gasteiger partial charge in [0.1, 0.15) is 0 Å². The highest BCUT2D eigenvalue weighted by Crippen LogP contribution is 2.35. The Morgan fingerprint density at radius 1 is 1.48 bits per heavy atom. The molecule has 1 aromatic rings. The Hall–Kier alpha value is -1.55. The first kappa shape index (κ1) is 14.4. The summed E-state index contributed by atoms with van der Waals surface area (Å²) in [6, 6.07) is 7.96. The van der Waals surface area contributed by atoms with Crippen molar-refractivity contribution in [3.05, 3.63) is 29.8 Å². The van der Waals surface area contributed by atoms with Gasteiger partial charge >= 0.3 is 0 Å². The van der Waals surface area contributed by atoms with E-state index in [9.17, 15) is 9.90 Å². The SMILES string of the molecule is CC1CCCC(CO)(NC(=O)C2CNc3ccccc32)C1. The lowest BCUT2D eigenvalue weighted by Gasteiger charge is -2.40. The monoisotopic (exact) mass is 288 g/mol. The maximum absolute atomic E-state index is 12.7. The fraction of sp³-hybridized carbons (Fsp3) is 0.588. The largest absolute Gasteiger partial charge is 0.394 e. The molecule has 1 saturated carbocycles. The van der Waals surface area contributed by atoms with Gasteiger partial charge in [-0.2, -0.15) is 0 Å². The van der Waals surface area contributed by atoms with Crippen molar-refractivity contribution >= 4 is 11.6 Å². The molecule has 2 aliphatic rings. The summed E-state index contributed by atoms with van der Waals surface area (Å²) < 4.78 is 0. The standard InChI is InChI=1S/C17H24N2O2/c1-12-5-4-8-17(9-12,11-20)19-16(21)14-10-18-15-7-3-2-6-13(14)15/h2-3,6-7,12,14,18,20H,4-5,8-11H2,1H3,(H,19,21). The number of hydrogen-bond donors (Lipinski definition) is 3. The number of anilines is 1. The molecule has 1 heterocycles. The van der Waals surface area contributed by atoms with Gasteiger partial charge in [0.25, 0.3) is 0 Å². The number of nitrogens with one attached hydrogen (secondary N) is 2. The van der Waals surface area contributed by atoms with Crippen molar-refractivity contribution in [2.75, 3.05) is 18.5 Å². The first-order valence-corrected chi connectivity index (χ1v) is 7.89. The Kier molecular flexibility index (Phi) is 3.89. The van der Waals surface area contributed by atoms with Gasteiger partial charge in [-0.05, 0) is 30.4 Å². The Morgan fingerprint density at radius 2 is 2.29 bits per heavy atom. The number of carbonyl (C=O) groups excluding carboxylic acids is 1. The summed E-state index contributed by atoms with van der Waals surface area (Å²) in [5.41, 5.74) is 1.69. The van der Waals surface area contributed by atoms with E-state index < -0.39 is 5.54 Å². The van der Waals surface area contributed by atoms with E-state index in [4.69, 9.17) is 0 Å². The molecular formula is C17H24N2O2. The van der Waals surface area contributed by atoms with Gasteiger partial charge < -0.3 is 15.7 Å². The topological polar surface area (TPSA) is 61.4 Å². The van der Waals surface area contributed by atoms with E-state index in [0.717, 1.165) is 30.5 Å². The zero-order chi connectivity index (χ0) is 14.9. The predicted molar refractivity (Wildman–Crippen MR) is 83.3 cm³/mol. The maximum Gasteiger partial charge on any atom is 0.229 e. The van der Waals surface area contributed by atoms with Crippen LogP contribution in [-0.2, 0) is 4.79 Å². The van der Waals surface area contributed by atoms with Gasteiger partial charge in [0.05, 0.1) is 18.1 Å². The third-order valence-electron chi connectivity index (χ3n) is 4.93. The molecule has 114 valence electrons. The van der Waals surface area contributed by atoms with Crippen LogP contribution in [0.15, 0.2) is 24.3 Å². The van der Waals surface area contributed by atoms with Gasteiger partial charge in [-0.25, -0.2) is 0 Å². The van der Waals surface area contributed by atoms with Crippen molar-refractivity contribution in [3.63, 3.8) is 0 Å². The number of amides is 1. The predicted octanol–water partition coefficient (Wildman–Crippen LogP) is 2.25. The fourth-order valence-electron chi connectivity index (χ4n) is 3.82. The second-order valence-electron chi connectivity index (χ2n) is 6.65. The van der Waals surface area contributed by atoms with E-state index in [1.165, 1.54) is 6.42 Å². The van der Waals surface area contributed by atoms with E-state index in [0.29, 0.717) is 12.5 Å². The minimum Gasteiger partial charge on any atom is -0.394 e. The van der Waals surface area contributed by atoms with E-state index in [-0.39, 0.29) is 18.4 Å². The second kappa shape index (κ2) is 5.68.